The van der Waals surface area contributed by atoms with Gasteiger partial charge in [0.05, 0.1) is 6.61 Å². The molecule has 0 aliphatic heterocycles. The highest BCUT2D eigenvalue weighted by atomic mass is 16.5. The van der Waals surface area contributed by atoms with Crippen LogP contribution >= 0.6 is 0 Å². The van der Waals surface area contributed by atoms with Gasteiger partial charge in [0.2, 0.25) is 5.88 Å². The molecule has 2 aromatic rings. The summed E-state index contributed by atoms with van der Waals surface area (Å²) in [5.74, 6) is 1.16. The molecule has 4 heteroatoms. The van der Waals surface area contributed by atoms with Gasteiger partial charge in [0, 0.05) is 18.3 Å². The molecule has 0 spiro atoms. The van der Waals surface area contributed by atoms with Crippen molar-refractivity contribution in [1.82, 2.24) is 4.98 Å². The Balaban J connectivity index is 2.13. The summed E-state index contributed by atoms with van der Waals surface area (Å²) in [5.41, 5.74) is 7.52. The van der Waals surface area contributed by atoms with Crippen molar-refractivity contribution in [1.29, 1.82) is 0 Å². The molecule has 3 N–H and O–H groups in total. The van der Waals surface area contributed by atoms with Crippen LogP contribution in [0.25, 0.3) is 0 Å². The number of aromatic nitrogens is 1. The van der Waals surface area contributed by atoms with E-state index in [0.29, 0.717) is 11.6 Å². The second kappa shape index (κ2) is 5.62. The van der Waals surface area contributed by atoms with E-state index in [9.17, 15) is 0 Å². The summed E-state index contributed by atoms with van der Waals surface area (Å²) in [6.07, 6.45) is 1.70. The van der Waals surface area contributed by atoms with Crippen LogP contribution in [-0.2, 0) is 6.61 Å². The first kappa shape index (κ1) is 12.5. The third kappa shape index (κ3) is 3.06. The summed E-state index contributed by atoms with van der Waals surface area (Å²) in [6, 6.07) is 10.9. The van der Waals surface area contributed by atoms with Gasteiger partial charge in [-0.3, -0.25) is 0 Å². The lowest BCUT2D eigenvalue weighted by atomic mass is 10.2. The van der Waals surface area contributed by atoms with E-state index < -0.39 is 0 Å². The zero-order valence-corrected chi connectivity index (χ0v) is 10.2. The fourth-order valence-electron chi connectivity index (χ4n) is 1.55. The van der Waals surface area contributed by atoms with Crippen LogP contribution in [0.2, 0.25) is 0 Å². The fourth-order valence-corrected chi connectivity index (χ4v) is 1.55. The van der Waals surface area contributed by atoms with E-state index in [1.807, 2.05) is 31.2 Å². The van der Waals surface area contributed by atoms with E-state index in [1.54, 1.807) is 18.3 Å². The molecule has 0 saturated heterocycles. The molecule has 0 unspecified atom stereocenters. The minimum absolute atomic E-state index is 0.00570. The largest absolute Gasteiger partial charge is 0.439 e. The molecule has 18 heavy (non-hydrogen) atoms. The molecule has 2 rings (SSSR count). The number of nitrogens with two attached hydrogens (primary N) is 1. The Labute approximate surface area is 106 Å². The van der Waals surface area contributed by atoms with Gasteiger partial charge in [-0.25, -0.2) is 4.98 Å². The monoisotopic (exact) mass is 244 g/mol. The summed E-state index contributed by atoms with van der Waals surface area (Å²) in [4.78, 5) is 4.19. The molecule has 0 radical (unpaired) electrons. The molecule has 94 valence electrons. The van der Waals surface area contributed by atoms with Crippen molar-refractivity contribution in [3.05, 3.63) is 53.7 Å². The predicted molar refractivity (Wildman–Crippen MR) is 69.3 cm³/mol. The standard InChI is InChI=1S/C14H16N2O2/c1-10(15)12-5-6-14(16-8-12)18-13-4-2-3-11(7-13)9-17/h2-8,10,17H,9,15H2,1H3/t10-/m0/s1. The Morgan fingerprint density at radius 2 is 2.17 bits per heavy atom. The van der Waals surface area contributed by atoms with Crippen LogP contribution in [-0.4, -0.2) is 10.1 Å². The maximum absolute atomic E-state index is 9.04. The van der Waals surface area contributed by atoms with Crippen LogP contribution < -0.4 is 10.5 Å². The second-order valence-electron chi connectivity index (χ2n) is 4.13. The van der Waals surface area contributed by atoms with Gasteiger partial charge in [0.15, 0.2) is 0 Å². The van der Waals surface area contributed by atoms with Gasteiger partial charge in [0.1, 0.15) is 5.75 Å². The molecular formula is C14H16N2O2. The van der Waals surface area contributed by atoms with Crippen LogP contribution in [0.3, 0.4) is 0 Å². The zero-order valence-electron chi connectivity index (χ0n) is 10.2. The Bertz CT molecular complexity index is 509. The summed E-state index contributed by atoms with van der Waals surface area (Å²) in [7, 11) is 0. The number of aliphatic hydroxyl groups excluding tert-OH is 1. The van der Waals surface area contributed by atoms with E-state index in [-0.39, 0.29) is 12.6 Å². The molecule has 4 nitrogen and oxygen atoms in total. The number of nitrogens with zero attached hydrogens (tertiary/aromatic N) is 1. The highest BCUT2D eigenvalue weighted by Gasteiger charge is 2.02. The minimum Gasteiger partial charge on any atom is -0.439 e. The van der Waals surface area contributed by atoms with Crippen molar-refractivity contribution in [2.75, 3.05) is 0 Å². The SMILES string of the molecule is C[C@H](N)c1ccc(Oc2cccc(CO)c2)nc1. The third-order valence-electron chi connectivity index (χ3n) is 2.59. The Kier molecular flexibility index (Phi) is 3.92. The smallest absolute Gasteiger partial charge is 0.219 e. The van der Waals surface area contributed by atoms with Gasteiger partial charge < -0.3 is 15.6 Å². The van der Waals surface area contributed by atoms with Crippen LogP contribution in [0.4, 0.5) is 0 Å². The van der Waals surface area contributed by atoms with Gasteiger partial charge in [-0.05, 0) is 30.2 Å². The van der Waals surface area contributed by atoms with E-state index in [2.05, 4.69) is 4.98 Å². The van der Waals surface area contributed by atoms with E-state index in [0.717, 1.165) is 11.1 Å². The predicted octanol–water partition coefficient (Wildman–Crippen LogP) is 2.39. The van der Waals surface area contributed by atoms with Gasteiger partial charge in [-0.2, -0.15) is 0 Å². The minimum atomic E-state index is -0.0377. The average molecular weight is 244 g/mol. The molecule has 1 aromatic heterocycles. The Hall–Kier alpha value is -1.91. The van der Waals surface area contributed by atoms with E-state index >= 15 is 0 Å². The van der Waals surface area contributed by atoms with Crippen LogP contribution in [0.15, 0.2) is 42.6 Å². The number of pyridine rings is 1. The zero-order chi connectivity index (χ0) is 13.0. The summed E-state index contributed by atoms with van der Waals surface area (Å²) < 4.78 is 5.59. The summed E-state index contributed by atoms with van der Waals surface area (Å²) >= 11 is 0. The maximum Gasteiger partial charge on any atom is 0.219 e. The topological polar surface area (TPSA) is 68.4 Å². The first-order chi connectivity index (χ1) is 8.69. The fraction of sp³-hybridized carbons (Fsp3) is 0.214. The molecule has 0 bridgehead atoms. The van der Waals surface area contributed by atoms with Gasteiger partial charge in [0.25, 0.3) is 0 Å². The lowest BCUT2D eigenvalue weighted by Crippen LogP contribution is -2.05. The molecule has 1 atom stereocenters. The quantitative estimate of drug-likeness (QED) is 0.866. The first-order valence-electron chi connectivity index (χ1n) is 5.78. The van der Waals surface area contributed by atoms with Crippen molar-refractivity contribution >= 4 is 0 Å². The van der Waals surface area contributed by atoms with Crippen LogP contribution in [0, 0.1) is 0 Å². The van der Waals surface area contributed by atoms with Crippen molar-refractivity contribution in [3.63, 3.8) is 0 Å². The molecular weight excluding hydrogens is 228 g/mol. The van der Waals surface area contributed by atoms with E-state index in [4.69, 9.17) is 15.6 Å². The van der Waals surface area contributed by atoms with Crippen molar-refractivity contribution in [3.8, 4) is 11.6 Å². The lowest BCUT2D eigenvalue weighted by molar-refractivity contribution is 0.281. The van der Waals surface area contributed by atoms with Gasteiger partial charge >= 0.3 is 0 Å². The Morgan fingerprint density at radius 3 is 2.78 bits per heavy atom. The van der Waals surface area contributed by atoms with Gasteiger partial charge in [-0.1, -0.05) is 18.2 Å². The normalized spacial score (nSPS) is 12.2. The van der Waals surface area contributed by atoms with Crippen molar-refractivity contribution in [2.45, 2.75) is 19.6 Å². The van der Waals surface area contributed by atoms with Gasteiger partial charge in [-0.15, -0.1) is 0 Å². The van der Waals surface area contributed by atoms with Crippen LogP contribution in [0.1, 0.15) is 24.1 Å². The molecule has 0 aliphatic carbocycles. The maximum atomic E-state index is 9.04. The highest BCUT2D eigenvalue weighted by Crippen LogP contribution is 2.21. The number of ether oxygens (including phenoxy) is 1. The number of hydrogen-bond donors (Lipinski definition) is 2. The number of benzene rings is 1. The van der Waals surface area contributed by atoms with Crippen molar-refractivity contribution in [2.24, 2.45) is 5.73 Å². The number of rotatable bonds is 4. The highest BCUT2D eigenvalue weighted by molar-refractivity contribution is 5.31. The van der Waals surface area contributed by atoms with Crippen molar-refractivity contribution < 1.29 is 9.84 Å². The average Bonchev–Trinajstić information content (AvgIpc) is 2.39. The molecule has 0 aliphatic rings. The van der Waals surface area contributed by atoms with E-state index in [1.165, 1.54) is 0 Å². The molecule has 1 heterocycles. The molecule has 0 fully saturated rings. The molecule has 1 aromatic carbocycles. The second-order valence-corrected chi connectivity index (χ2v) is 4.13. The summed E-state index contributed by atoms with van der Waals surface area (Å²) in [6.45, 7) is 1.90. The molecule has 0 saturated carbocycles. The summed E-state index contributed by atoms with van der Waals surface area (Å²) in [5, 5.41) is 9.04. The van der Waals surface area contributed by atoms with Crippen LogP contribution in [0.5, 0.6) is 11.6 Å². The Morgan fingerprint density at radius 1 is 1.33 bits per heavy atom. The first-order valence-corrected chi connectivity index (χ1v) is 5.78. The molecule has 0 amide bonds. The number of aliphatic hydroxyl groups is 1. The third-order valence-corrected chi connectivity index (χ3v) is 2.59. The lowest BCUT2D eigenvalue weighted by Gasteiger charge is -2.08. The number of hydrogen-bond acceptors (Lipinski definition) is 4.